The molecule has 2 aromatic rings. The SMILES string of the molecule is CC(=O)NC(Cc1c[nH]c2cc(F)ccc12)C(=O)N1CCC(O)C(C)C1. The second kappa shape index (κ2) is 7.45. The zero-order chi connectivity index (χ0) is 18.8. The van der Waals surface area contributed by atoms with Crippen LogP contribution in [0.1, 0.15) is 25.8 Å². The molecule has 2 heterocycles. The molecule has 1 aliphatic rings. The van der Waals surface area contributed by atoms with Gasteiger partial charge in [0.2, 0.25) is 11.8 Å². The number of carbonyl (C=O) groups excluding carboxylic acids is 2. The van der Waals surface area contributed by atoms with Gasteiger partial charge in [-0.1, -0.05) is 6.92 Å². The number of hydrogen-bond donors (Lipinski definition) is 3. The molecule has 3 atom stereocenters. The number of aliphatic hydroxyl groups excluding tert-OH is 1. The smallest absolute Gasteiger partial charge is 0.245 e. The van der Waals surface area contributed by atoms with Gasteiger partial charge in [0.05, 0.1) is 6.10 Å². The van der Waals surface area contributed by atoms with Crippen molar-refractivity contribution in [1.29, 1.82) is 0 Å². The van der Waals surface area contributed by atoms with E-state index in [9.17, 15) is 19.1 Å². The number of carbonyl (C=O) groups is 2. The van der Waals surface area contributed by atoms with E-state index in [2.05, 4.69) is 10.3 Å². The second-order valence-electron chi connectivity index (χ2n) is 7.08. The first-order valence-corrected chi connectivity index (χ1v) is 8.84. The summed E-state index contributed by atoms with van der Waals surface area (Å²) >= 11 is 0. The molecule has 1 aliphatic heterocycles. The molecule has 140 valence electrons. The molecular weight excluding hydrogens is 337 g/mol. The van der Waals surface area contributed by atoms with E-state index < -0.39 is 12.1 Å². The van der Waals surface area contributed by atoms with Gasteiger partial charge in [-0.15, -0.1) is 0 Å². The highest BCUT2D eigenvalue weighted by molar-refractivity contribution is 5.89. The number of hydrogen-bond acceptors (Lipinski definition) is 3. The summed E-state index contributed by atoms with van der Waals surface area (Å²) in [6.07, 6.45) is 2.19. The summed E-state index contributed by atoms with van der Waals surface area (Å²) in [5.74, 6) is -0.766. The number of halogens is 1. The Morgan fingerprint density at radius 3 is 2.92 bits per heavy atom. The fraction of sp³-hybridized carbons (Fsp3) is 0.474. The van der Waals surface area contributed by atoms with Gasteiger partial charge >= 0.3 is 0 Å². The van der Waals surface area contributed by atoms with Crippen molar-refractivity contribution < 1.29 is 19.1 Å². The van der Waals surface area contributed by atoms with E-state index in [1.807, 2.05) is 6.92 Å². The molecule has 1 fully saturated rings. The fourth-order valence-corrected chi connectivity index (χ4v) is 3.55. The normalized spacial score (nSPS) is 21.6. The molecule has 1 aromatic carbocycles. The third-order valence-corrected chi connectivity index (χ3v) is 5.00. The Kier molecular flexibility index (Phi) is 5.27. The summed E-state index contributed by atoms with van der Waals surface area (Å²) in [5.41, 5.74) is 1.50. The highest BCUT2D eigenvalue weighted by Gasteiger charge is 2.32. The maximum absolute atomic E-state index is 13.4. The first kappa shape index (κ1) is 18.4. The largest absolute Gasteiger partial charge is 0.393 e. The number of likely N-dealkylation sites (tertiary alicyclic amines) is 1. The van der Waals surface area contributed by atoms with Crippen molar-refractivity contribution in [2.45, 2.75) is 38.8 Å². The number of piperidine rings is 1. The molecule has 1 saturated heterocycles. The van der Waals surface area contributed by atoms with Crippen molar-refractivity contribution in [1.82, 2.24) is 15.2 Å². The van der Waals surface area contributed by atoms with E-state index in [0.717, 1.165) is 10.9 Å². The van der Waals surface area contributed by atoms with Crippen LogP contribution in [0.3, 0.4) is 0 Å². The number of H-pyrrole nitrogens is 1. The van der Waals surface area contributed by atoms with Gasteiger partial charge in [-0.05, 0) is 36.1 Å². The maximum Gasteiger partial charge on any atom is 0.245 e. The zero-order valence-corrected chi connectivity index (χ0v) is 15.0. The highest BCUT2D eigenvalue weighted by Crippen LogP contribution is 2.22. The van der Waals surface area contributed by atoms with Gasteiger partial charge in [-0.3, -0.25) is 9.59 Å². The number of benzene rings is 1. The van der Waals surface area contributed by atoms with E-state index in [-0.39, 0.29) is 23.5 Å². The Bertz CT molecular complexity index is 819. The number of aromatic nitrogens is 1. The van der Waals surface area contributed by atoms with Crippen molar-refractivity contribution in [2.24, 2.45) is 5.92 Å². The molecule has 3 unspecified atom stereocenters. The summed E-state index contributed by atoms with van der Waals surface area (Å²) in [6.45, 7) is 4.23. The maximum atomic E-state index is 13.4. The monoisotopic (exact) mass is 361 g/mol. The van der Waals surface area contributed by atoms with Crippen molar-refractivity contribution in [3.8, 4) is 0 Å². The summed E-state index contributed by atoms with van der Waals surface area (Å²) in [7, 11) is 0. The van der Waals surface area contributed by atoms with Gasteiger partial charge < -0.3 is 20.3 Å². The molecule has 3 N–H and O–H groups in total. The molecule has 1 aromatic heterocycles. The van der Waals surface area contributed by atoms with Gasteiger partial charge in [0, 0.05) is 43.5 Å². The van der Waals surface area contributed by atoms with Crippen LogP contribution in [-0.2, 0) is 16.0 Å². The van der Waals surface area contributed by atoms with Crippen LogP contribution in [-0.4, -0.2) is 52.0 Å². The number of aromatic amines is 1. The van der Waals surface area contributed by atoms with Crippen LogP contribution in [0.2, 0.25) is 0 Å². The topological polar surface area (TPSA) is 85.4 Å². The number of nitrogens with zero attached hydrogens (tertiary/aromatic N) is 1. The molecule has 6 nitrogen and oxygen atoms in total. The Balaban J connectivity index is 1.81. The van der Waals surface area contributed by atoms with Gasteiger partial charge in [-0.2, -0.15) is 0 Å². The minimum absolute atomic E-state index is 0.00161. The Morgan fingerprint density at radius 2 is 2.23 bits per heavy atom. The zero-order valence-electron chi connectivity index (χ0n) is 15.0. The Morgan fingerprint density at radius 1 is 1.46 bits per heavy atom. The van der Waals surface area contributed by atoms with Gasteiger partial charge in [0.1, 0.15) is 11.9 Å². The third kappa shape index (κ3) is 3.88. The third-order valence-electron chi connectivity index (χ3n) is 5.00. The van der Waals surface area contributed by atoms with Gasteiger partial charge in [-0.25, -0.2) is 4.39 Å². The molecule has 0 spiro atoms. The average molecular weight is 361 g/mol. The van der Waals surface area contributed by atoms with Crippen molar-refractivity contribution in [2.75, 3.05) is 13.1 Å². The number of amides is 2. The molecule has 3 rings (SSSR count). The molecule has 0 saturated carbocycles. The van der Waals surface area contributed by atoms with Crippen molar-refractivity contribution in [3.63, 3.8) is 0 Å². The quantitative estimate of drug-likeness (QED) is 0.773. The first-order chi connectivity index (χ1) is 12.3. The van der Waals surface area contributed by atoms with E-state index in [1.165, 1.54) is 19.1 Å². The fourth-order valence-electron chi connectivity index (χ4n) is 3.55. The predicted octanol–water partition coefficient (Wildman–Crippen LogP) is 1.58. The second-order valence-corrected chi connectivity index (χ2v) is 7.08. The van der Waals surface area contributed by atoms with E-state index in [0.29, 0.717) is 31.4 Å². The molecule has 0 aliphatic carbocycles. The molecule has 0 bridgehead atoms. The van der Waals surface area contributed by atoms with E-state index in [4.69, 9.17) is 0 Å². The molecule has 0 radical (unpaired) electrons. The highest BCUT2D eigenvalue weighted by atomic mass is 19.1. The molecule has 2 amide bonds. The lowest BCUT2D eigenvalue weighted by atomic mass is 9.95. The lowest BCUT2D eigenvalue weighted by Crippen LogP contribution is -2.53. The van der Waals surface area contributed by atoms with Crippen LogP contribution in [0.4, 0.5) is 4.39 Å². The van der Waals surface area contributed by atoms with Crippen LogP contribution in [0.5, 0.6) is 0 Å². The van der Waals surface area contributed by atoms with Crippen LogP contribution in [0.15, 0.2) is 24.4 Å². The molecular formula is C19H24FN3O3. The van der Waals surface area contributed by atoms with Crippen LogP contribution < -0.4 is 5.32 Å². The number of fused-ring (bicyclic) bond motifs is 1. The Hall–Kier alpha value is -2.41. The molecule has 7 heteroatoms. The Labute approximate surface area is 151 Å². The van der Waals surface area contributed by atoms with Crippen molar-refractivity contribution >= 4 is 22.7 Å². The van der Waals surface area contributed by atoms with Crippen LogP contribution in [0, 0.1) is 11.7 Å². The summed E-state index contributed by atoms with van der Waals surface area (Å²) in [4.78, 5) is 29.3. The number of aliphatic hydroxyl groups is 1. The number of rotatable bonds is 4. The lowest BCUT2D eigenvalue weighted by Gasteiger charge is -2.36. The minimum atomic E-state index is -0.695. The van der Waals surface area contributed by atoms with E-state index >= 15 is 0 Å². The van der Waals surface area contributed by atoms with Crippen LogP contribution in [0.25, 0.3) is 10.9 Å². The van der Waals surface area contributed by atoms with Gasteiger partial charge in [0.15, 0.2) is 0 Å². The number of nitrogens with one attached hydrogen (secondary N) is 2. The minimum Gasteiger partial charge on any atom is -0.393 e. The van der Waals surface area contributed by atoms with Crippen molar-refractivity contribution in [3.05, 3.63) is 35.8 Å². The summed E-state index contributed by atoms with van der Waals surface area (Å²) in [6, 6.07) is 3.76. The summed E-state index contributed by atoms with van der Waals surface area (Å²) < 4.78 is 13.4. The van der Waals surface area contributed by atoms with Crippen LogP contribution >= 0.6 is 0 Å². The van der Waals surface area contributed by atoms with E-state index in [1.54, 1.807) is 17.2 Å². The van der Waals surface area contributed by atoms with Gasteiger partial charge in [0.25, 0.3) is 0 Å². The summed E-state index contributed by atoms with van der Waals surface area (Å²) in [5, 5.41) is 13.4. The first-order valence-electron chi connectivity index (χ1n) is 8.84. The lowest BCUT2D eigenvalue weighted by molar-refractivity contribution is -0.139. The molecule has 26 heavy (non-hydrogen) atoms. The standard InChI is InChI=1S/C19H24FN3O3/c1-11-10-23(6-5-18(11)25)19(26)17(22-12(2)24)7-13-9-21-16-8-14(20)3-4-15(13)16/h3-4,8-9,11,17-18,21,25H,5-7,10H2,1-2H3,(H,22,24). The predicted molar refractivity (Wildman–Crippen MR) is 95.9 cm³/mol. The average Bonchev–Trinajstić information content (AvgIpc) is 2.97.